The Kier molecular flexibility index (Phi) is 6.03. The number of thioether (sulfide) groups is 1. The molecule has 8 nitrogen and oxygen atoms in total. The molecular formula is C22H24N4O4S. The quantitative estimate of drug-likeness (QED) is 0.531. The fraction of sp³-hybridized carbons (Fsp3) is 0.318. The summed E-state index contributed by atoms with van der Waals surface area (Å²) in [6, 6.07) is 12.2. The van der Waals surface area contributed by atoms with Crippen LogP contribution in [0.3, 0.4) is 0 Å². The van der Waals surface area contributed by atoms with Crippen LogP contribution in [0.15, 0.2) is 53.4 Å². The number of carbonyl (C=O) groups excluding carboxylic acids is 3. The zero-order valence-electron chi connectivity index (χ0n) is 17.0. The van der Waals surface area contributed by atoms with Gasteiger partial charge in [0.15, 0.2) is 0 Å². The van der Waals surface area contributed by atoms with Crippen molar-refractivity contribution in [2.24, 2.45) is 0 Å². The molecule has 2 aliphatic rings. The first-order chi connectivity index (χ1) is 14.9. The van der Waals surface area contributed by atoms with E-state index in [0.29, 0.717) is 25.1 Å². The third-order valence-corrected chi connectivity index (χ3v) is 6.30. The maximum absolute atomic E-state index is 12.9. The number of anilines is 1. The van der Waals surface area contributed by atoms with Gasteiger partial charge in [-0.15, -0.1) is 11.8 Å². The summed E-state index contributed by atoms with van der Waals surface area (Å²) < 4.78 is 0. The van der Waals surface area contributed by atoms with Crippen molar-refractivity contribution < 1.29 is 19.5 Å². The van der Waals surface area contributed by atoms with Crippen LogP contribution in [0, 0.1) is 0 Å². The zero-order valence-corrected chi connectivity index (χ0v) is 17.8. The van der Waals surface area contributed by atoms with E-state index in [2.05, 4.69) is 16.0 Å². The number of rotatable bonds is 5. The molecule has 2 aromatic rings. The van der Waals surface area contributed by atoms with Crippen LogP contribution in [-0.2, 0) is 16.0 Å². The molecule has 2 heterocycles. The molecule has 31 heavy (non-hydrogen) atoms. The fourth-order valence-corrected chi connectivity index (χ4v) is 4.40. The number of aromatic hydroxyl groups is 1. The molecular weight excluding hydrogens is 416 g/mol. The smallest absolute Gasteiger partial charge is 0.319 e. The minimum Gasteiger partial charge on any atom is -0.508 e. The number of urea groups is 1. The highest BCUT2D eigenvalue weighted by atomic mass is 32.2. The molecule has 0 radical (unpaired) electrons. The van der Waals surface area contributed by atoms with Crippen LogP contribution >= 0.6 is 11.8 Å². The Balaban J connectivity index is 1.35. The average molecular weight is 441 g/mol. The summed E-state index contributed by atoms with van der Waals surface area (Å²) in [6.07, 6.45) is 2.71. The number of fused-ring (bicyclic) bond motifs is 1. The van der Waals surface area contributed by atoms with Gasteiger partial charge in [-0.25, -0.2) is 4.79 Å². The van der Waals surface area contributed by atoms with Gasteiger partial charge in [-0.05, 0) is 54.6 Å². The Morgan fingerprint density at radius 1 is 1.16 bits per heavy atom. The van der Waals surface area contributed by atoms with E-state index in [4.69, 9.17) is 0 Å². The third-order valence-electron chi connectivity index (χ3n) is 5.56. The van der Waals surface area contributed by atoms with E-state index in [9.17, 15) is 19.5 Å². The monoisotopic (exact) mass is 440 g/mol. The molecule has 4 amide bonds. The zero-order chi connectivity index (χ0) is 22.0. The largest absolute Gasteiger partial charge is 0.508 e. The molecule has 2 aromatic carbocycles. The molecule has 0 unspecified atom stereocenters. The predicted molar refractivity (Wildman–Crippen MR) is 118 cm³/mol. The summed E-state index contributed by atoms with van der Waals surface area (Å²) in [7, 11) is 0. The molecule has 162 valence electrons. The molecule has 2 fully saturated rings. The van der Waals surface area contributed by atoms with Gasteiger partial charge in [-0.1, -0.05) is 12.1 Å². The van der Waals surface area contributed by atoms with Gasteiger partial charge in [0, 0.05) is 23.5 Å². The van der Waals surface area contributed by atoms with Crippen LogP contribution in [0.25, 0.3) is 0 Å². The molecule has 0 bridgehead atoms. The number of phenolic OH excluding ortho intramolecular Hbond substituents is 1. The Morgan fingerprint density at radius 2 is 1.87 bits per heavy atom. The lowest BCUT2D eigenvalue weighted by molar-refractivity contribution is -0.147. The highest BCUT2D eigenvalue weighted by molar-refractivity contribution is 7.98. The Hall–Kier alpha value is -3.20. The summed E-state index contributed by atoms with van der Waals surface area (Å²) in [5.41, 5.74) is 1.52. The molecule has 0 spiro atoms. The number of hydrogen-bond acceptors (Lipinski definition) is 5. The SMILES string of the molecule is CSc1ccc(NC(=O)N[C@H]2C[C@H]3C(=O)N[C@@H](Cc4ccc(O)cc4)C(=O)N3C2)cc1. The van der Waals surface area contributed by atoms with Crippen molar-refractivity contribution >= 4 is 35.3 Å². The van der Waals surface area contributed by atoms with Crippen LogP contribution in [0.2, 0.25) is 0 Å². The van der Waals surface area contributed by atoms with Crippen molar-refractivity contribution in [2.45, 2.75) is 35.9 Å². The fourth-order valence-electron chi connectivity index (χ4n) is 4.00. The lowest BCUT2D eigenvalue weighted by Gasteiger charge is -2.34. The minimum atomic E-state index is -0.657. The van der Waals surface area contributed by atoms with Crippen molar-refractivity contribution in [3.63, 3.8) is 0 Å². The first-order valence-corrected chi connectivity index (χ1v) is 11.3. The van der Waals surface area contributed by atoms with Crippen LogP contribution in [0.5, 0.6) is 5.75 Å². The number of carbonyl (C=O) groups is 3. The highest BCUT2D eigenvalue weighted by Gasteiger charge is 2.46. The van der Waals surface area contributed by atoms with Crippen molar-refractivity contribution in [1.82, 2.24) is 15.5 Å². The van der Waals surface area contributed by atoms with E-state index >= 15 is 0 Å². The molecule has 4 rings (SSSR count). The van der Waals surface area contributed by atoms with Gasteiger partial charge in [0.2, 0.25) is 11.8 Å². The van der Waals surface area contributed by atoms with Crippen molar-refractivity contribution in [3.8, 4) is 5.75 Å². The van der Waals surface area contributed by atoms with Gasteiger partial charge in [0.1, 0.15) is 17.8 Å². The first-order valence-electron chi connectivity index (χ1n) is 10.0. The number of benzene rings is 2. The summed E-state index contributed by atoms with van der Waals surface area (Å²) in [5, 5.41) is 17.9. The van der Waals surface area contributed by atoms with Gasteiger partial charge in [-0.3, -0.25) is 9.59 Å². The van der Waals surface area contributed by atoms with E-state index in [0.717, 1.165) is 10.5 Å². The summed E-state index contributed by atoms with van der Waals surface area (Å²) in [6.45, 7) is 0.293. The van der Waals surface area contributed by atoms with Crippen LogP contribution < -0.4 is 16.0 Å². The van der Waals surface area contributed by atoms with Crippen molar-refractivity contribution in [1.29, 1.82) is 0 Å². The molecule has 0 aliphatic carbocycles. The summed E-state index contributed by atoms with van der Waals surface area (Å²) in [4.78, 5) is 40.6. The number of amides is 4. The van der Waals surface area contributed by atoms with E-state index < -0.39 is 12.1 Å². The van der Waals surface area contributed by atoms with Gasteiger partial charge in [0.25, 0.3) is 0 Å². The molecule has 3 atom stereocenters. The maximum Gasteiger partial charge on any atom is 0.319 e. The Labute approximate surface area is 184 Å². The van der Waals surface area contributed by atoms with Gasteiger partial charge >= 0.3 is 6.03 Å². The van der Waals surface area contributed by atoms with Crippen molar-refractivity contribution in [2.75, 3.05) is 18.1 Å². The normalized spacial score (nSPS) is 22.6. The third kappa shape index (κ3) is 4.77. The molecule has 9 heteroatoms. The van der Waals surface area contributed by atoms with Gasteiger partial charge in [0.05, 0.1) is 6.04 Å². The topological polar surface area (TPSA) is 111 Å². The van der Waals surface area contributed by atoms with E-state index in [-0.39, 0.29) is 29.6 Å². The lowest BCUT2D eigenvalue weighted by atomic mass is 10.0. The molecule has 4 N–H and O–H groups in total. The second kappa shape index (κ2) is 8.89. The van der Waals surface area contributed by atoms with Crippen LogP contribution in [0.1, 0.15) is 12.0 Å². The Morgan fingerprint density at radius 3 is 2.55 bits per heavy atom. The predicted octanol–water partition coefficient (Wildman–Crippen LogP) is 1.95. The number of hydrogen-bond donors (Lipinski definition) is 4. The highest BCUT2D eigenvalue weighted by Crippen LogP contribution is 2.24. The Bertz CT molecular complexity index is 980. The van der Waals surface area contributed by atoms with Gasteiger partial charge in [-0.2, -0.15) is 0 Å². The van der Waals surface area contributed by atoms with E-state index in [1.165, 1.54) is 0 Å². The lowest BCUT2D eigenvalue weighted by Crippen LogP contribution is -2.61. The average Bonchev–Trinajstić information content (AvgIpc) is 3.18. The second-order valence-electron chi connectivity index (χ2n) is 7.70. The molecule has 0 saturated carbocycles. The standard InChI is InChI=1S/C22H24N4O4S/c1-31-17-8-4-14(5-9-17)23-22(30)24-15-11-19-20(28)25-18(21(29)26(19)12-15)10-13-2-6-16(27)7-3-13/h2-9,15,18-19,27H,10-12H2,1H3,(H,25,28)(H2,23,24,30)/t15-,18-,19-/m0/s1. The molecule has 2 saturated heterocycles. The minimum absolute atomic E-state index is 0.148. The van der Waals surface area contributed by atoms with E-state index in [1.807, 2.05) is 30.5 Å². The van der Waals surface area contributed by atoms with Crippen LogP contribution in [0.4, 0.5) is 10.5 Å². The van der Waals surface area contributed by atoms with E-state index in [1.54, 1.807) is 40.9 Å². The van der Waals surface area contributed by atoms with Gasteiger partial charge < -0.3 is 26.0 Å². The number of phenols is 1. The maximum atomic E-state index is 12.9. The summed E-state index contributed by atoms with van der Waals surface area (Å²) in [5.74, 6) is -0.217. The first kappa shape index (κ1) is 21.0. The van der Waals surface area contributed by atoms with Crippen LogP contribution in [-0.4, -0.2) is 58.8 Å². The molecule has 0 aromatic heterocycles. The molecule has 2 aliphatic heterocycles. The summed E-state index contributed by atoms with van der Waals surface area (Å²) >= 11 is 1.62. The second-order valence-corrected chi connectivity index (χ2v) is 8.58. The number of nitrogens with one attached hydrogen (secondary N) is 3. The van der Waals surface area contributed by atoms with Crippen molar-refractivity contribution in [3.05, 3.63) is 54.1 Å². The number of piperazine rings is 1. The number of nitrogens with zero attached hydrogens (tertiary/aromatic N) is 1.